The molecule has 0 aliphatic carbocycles. The van der Waals surface area contributed by atoms with Gasteiger partial charge in [0.25, 0.3) is 0 Å². The minimum absolute atomic E-state index is 0.0223. The van der Waals surface area contributed by atoms with E-state index in [0.717, 1.165) is 41.4 Å². The summed E-state index contributed by atoms with van der Waals surface area (Å²) in [5.41, 5.74) is 2.62. The second-order valence-corrected chi connectivity index (χ2v) is 5.32. The largest absolute Gasteiger partial charge is 0.481 e. The third-order valence-electron chi connectivity index (χ3n) is 2.76. The van der Waals surface area contributed by atoms with Crippen LogP contribution in [-0.2, 0) is 11.3 Å². The number of rotatable bonds is 6. The Labute approximate surface area is 116 Å². The van der Waals surface area contributed by atoms with E-state index in [2.05, 4.69) is 16.9 Å². The van der Waals surface area contributed by atoms with Crippen molar-refractivity contribution in [1.82, 2.24) is 14.5 Å². The van der Waals surface area contributed by atoms with Crippen LogP contribution >= 0.6 is 11.8 Å². The first-order valence-electron chi connectivity index (χ1n) is 6.30. The molecular formula is C13H17N3O2S. The van der Waals surface area contributed by atoms with Gasteiger partial charge in [0.15, 0.2) is 10.8 Å². The topological polar surface area (TPSA) is 68.0 Å². The molecule has 0 bridgehead atoms. The molecule has 0 saturated heterocycles. The molecule has 0 saturated carbocycles. The van der Waals surface area contributed by atoms with Crippen LogP contribution < -0.4 is 0 Å². The second kappa shape index (κ2) is 6.06. The van der Waals surface area contributed by atoms with Gasteiger partial charge in [0.05, 0.1) is 5.75 Å². The van der Waals surface area contributed by atoms with Crippen LogP contribution in [0, 0.1) is 6.92 Å². The maximum Gasteiger partial charge on any atom is 0.313 e. The van der Waals surface area contributed by atoms with Gasteiger partial charge in [-0.05, 0) is 25.5 Å². The smallest absolute Gasteiger partial charge is 0.313 e. The summed E-state index contributed by atoms with van der Waals surface area (Å²) in [5.74, 6) is -0.808. The van der Waals surface area contributed by atoms with Crippen molar-refractivity contribution in [2.45, 2.75) is 38.4 Å². The fraction of sp³-hybridized carbons (Fsp3) is 0.462. The van der Waals surface area contributed by atoms with Crippen LogP contribution in [0.5, 0.6) is 0 Å². The molecule has 0 fully saturated rings. The molecule has 19 heavy (non-hydrogen) atoms. The molecule has 2 heterocycles. The minimum Gasteiger partial charge on any atom is -0.481 e. The number of fused-ring (bicyclic) bond motifs is 1. The Morgan fingerprint density at radius 2 is 2.21 bits per heavy atom. The molecule has 0 amide bonds. The van der Waals surface area contributed by atoms with Gasteiger partial charge < -0.3 is 9.67 Å². The second-order valence-electron chi connectivity index (χ2n) is 4.38. The van der Waals surface area contributed by atoms with Crippen LogP contribution in [0.1, 0.15) is 25.5 Å². The van der Waals surface area contributed by atoms with Gasteiger partial charge in [-0.15, -0.1) is 0 Å². The number of imidazole rings is 1. The van der Waals surface area contributed by atoms with E-state index in [1.54, 1.807) is 0 Å². The molecule has 2 aromatic rings. The number of nitrogens with zero attached hydrogens (tertiary/aromatic N) is 3. The molecule has 1 N–H and O–H groups in total. The molecule has 0 aromatic carbocycles. The Morgan fingerprint density at radius 3 is 2.89 bits per heavy atom. The highest BCUT2D eigenvalue weighted by atomic mass is 32.2. The highest BCUT2D eigenvalue weighted by Gasteiger charge is 2.13. The standard InChI is InChI=1S/C13H17N3O2S/c1-3-4-7-16-12-10(6-5-9(2)14-12)15-13(16)19-8-11(17)18/h5-6H,3-4,7-8H2,1-2H3,(H,17,18). The van der Waals surface area contributed by atoms with Crippen molar-refractivity contribution in [3.05, 3.63) is 17.8 Å². The third kappa shape index (κ3) is 3.26. The number of unbranched alkanes of at least 4 members (excludes halogenated alkanes) is 1. The summed E-state index contributed by atoms with van der Waals surface area (Å²) in [5, 5.41) is 9.53. The minimum atomic E-state index is -0.830. The molecule has 5 nitrogen and oxygen atoms in total. The van der Waals surface area contributed by atoms with Gasteiger partial charge in [0, 0.05) is 12.2 Å². The maximum atomic E-state index is 10.7. The number of carboxylic acids is 1. The van der Waals surface area contributed by atoms with Crippen molar-refractivity contribution in [2.24, 2.45) is 0 Å². The van der Waals surface area contributed by atoms with Crippen molar-refractivity contribution in [3.8, 4) is 0 Å². The fourth-order valence-corrected chi connectivity index (χ4v) is 2.58. The van der Waals surface area contributed by atoms with E-state index >= 15 is 0 Å². The average Bonchev–Trinajstić information content (AvgIpc) is 2.71. The van der Waals surface area contributed by atoms with Gasteiger partial charge in [-0.2, -0.15) is 0 Å². The van der Waals surface area contributed by atoms with Gasteiger partial charge in [-0.25, -0.2) is 9.97 Å². The molecule has 2 aromatic heterocycles. The van der Waals surface area contributed by atoms with Crippen LogP contribution in [0.4, 0.5) is 0 Å². The molecule has 0 atom stereocenters. The number of aliphatic carboxylic acids is 1. The molecular weight excluding hydrogens is 262 g/mol. The summed E-state index contributed by atoms with van der Waals surface area (Å²) in [6.07, 6.45) is 2.11. The Balaban J connectivity index is 2.39. The summed E-state index contributed by atoms with van der Waals surface area (Å²) >= 11 is 1.25. The first-order chi connectivity index (χ1) is 9.11. The van der Waals surface area contributed by atoms with Gasteiger partial charge in [0.2, 0.25) is 0 Å². The predicted octanol–water partition coefficient (Wildman–Crippen LogP) is 2.72. The van der Waals surface area contributed by atoms with Crippen LogP contribution in [0.15, 0.2) is 17.3 Å². The van der Waals surface area contributed by atoms with E-state index in [4.69, 9.17) is 5.11 Å². The van der Waals surface area contributed by atoms with Crippen LogP contribution in [0.2, 0.25) is 0 Å². The van der Waals surface area contributed by atoms with Gasteiger partial charge >= 0.3 is 5.97 Å². The quantitative estimate of drug-likeness (QED) is 0.823. The lowest BCUT2D eigenvalue weighted by atomic mass is 10.3. The Bertz CT molecular complexity index is 595. The molecule has 102 valence electrons. The van der Waals surface area contributed by atoms with E-state index in [1.807, 2.05) is 23.6 Å². The predicted molar refractivity (Wildman–Crippen MR) is 75.5 cm³/mol. The molecule has 0 radical (unpaired) electrons. The summed E-state index contributed by atoms with van der Waals surface area (Å²) < 4.78 is 2.03. The lowest BCUT2D eigenvalue weighted by molar-refractivity contribution is -0.133. The first-order valence-corrected chi connectivity index (χ1v) is 7.29. The lowest BCUT2D eigenvalue weighted by Crippen LogP contribution is -2.04. The number of thioether (sulfide) groups is 1. The van der Waals surface area contributed by atoms with E-state index in [-0.39, 0.29) is 5.75 Å². The van der Waals surface area contributed by atoms with Gasteiger partial charge in [0.1, 0.15) is 5.52 Å². The van der Waals surface area contributed by atoms with Crippen molar-refractivity contribution in [1.29, 1.82) is 0 Å². The zero-order valence-electron chi connectivity index (χ0n) is 11.1. The van der Waals surface area contributed by atoms with E-state index in [9.17, 15) is 4.79 Å². The fourth-order valence-electron chi connectivity index (χ4n) is 1.83. The zero-order valence-corrected chi connectivity index (χ0v) is 11.9. The molecule has 0 aliphatic rings. The molecule has 0 unspecified atom stereocenters. The highest BCUT2D eigenvalue weighted by Crippen LogP contribution is 2.23. The molecule has 0 spiro atoms. The Hall–Kier alpha value is -1.56. The number of aryl methyl sites for hydroxylation is 2. The van der Waals surface area contributed by atoms with Crippen LogP contribution in [-0.4, -0.2) is 31.4 Å². The summed E-state index contributed by atoms with van der Waals surface area (Å²) in [7, 11) is 0. The normalized spacial score (nSPS) is 11.1. The number of carboxylic acid groups (broad SMARTS) is 1. The Kier molecular flexibility index (Phi) is 4.42. The van der Waals surface area contributed by atoms with Crippen molar-refractivity contribution < 1.29 is 9.90 Å². The highest BCUT2D eigenvalue weighted by molar-refractivity contribution is 7.99. The number of carbonyl (C=O) groups is 1. The van der Waals surface area contributed by atoms with Gasteiger partial charge in [-0.1, -0.05) is 25.1 Å². The first kappa shape index (κ1) is 13.9. The van der Waals surface area contributed by atoms with Crippen LogP contribution in [0.3, 0.4) is 0 Å². The SMILES string of the molecule is CCCCn1c(SCC(=O)O)nc2ccc(C)nc21. The maximum absolute atomic E-state index is 10.7. The third-order valence-corrected chi connectivity index (χ3v) is 3.72. The average molecular weight is 279 g/mol. The summed E-state index contributed by atoms with van der Waals surface area (Å²) in [6, 6.07) is 3.86. The Morgan fingerprint density at radius 1 is 1.42 bits per heavy atom. The molecule has 0 aliphatic heterocycles. The zero-order chi connectivity index (χ0) is 13.8. The van der Waals surface area contributed by atoms with Gasteiger partial charge in [-0.3, -0.25) is 4.79 Å². The molecule has 6 heteroatoms. The lowest BCUT2D eigenvalue weighted by Gasteiger charge is -2.06. The number of aromatic nitrogens is 3. The van der Waals surface area contributed by atoms with Crippen molar-refractivity contribution in [3.63, 3.8) is 0 Å². The van der Waals surface area contributed by atoms with E-state index < -0.39 is 5.97 Å². The van der Waals surface area contributed by atoms with E-state index in [0.29, 0.717) is 0 Å². The number of hydrogen-bond acceptors (Lipinski definition) is 4. The monoisotopic (exact) mass is 279 g/mol. The number of pyridine rings is 1. The molecule has 2 rings (SSSR count). The van der Waals surface area contributed by atoms with Crippen molar-refractivity contribution in [2.75, 3.05) is 5.75 Å². The summed E-state index contributed by atoms with van der Waals surface area (Å²) in [4.78, 5) is 19.7. The van der Waals surface area contributed by atoms with Crippen LogP contribution in [0.25, 0.3) is 11.2 Å². The number of hydrogen-bond donors (Lipinski definition) is 1. The van der Waals surface area contributed by atoms with E-state index in [1.165, 1.54) is 11.8 Å². The summed E-state index contributed by atoms with van der Waals surface area (Å²) in [6.45, 7) is 4.90. The van der Waals surface area contributed by atoms with Crippen molar-refractivity contribution >= 4 is 28.9 Å².